The summed E-state index contributed by atoms with van der Waals surface area (Å²) < 4.78 is 11.1. The van der Waals surface area contributed by atoms with Gasteiger partial charge in [0, 0.05) is 23.6 Å². The smallest absolute Gasteiger partial charge is 0.257 e. The Balaban J connectivity index is 1.80. The second-order valence-electron chi connectivity index (χ2n) is 4.16. The minimum absolute atomic E-state index is 0.453. The highest BCUT2D eigenvalue weighted by Gasteiger charge is 2.18. The molecule has 1 fully saturated rings. The Hall–Kier alpha value is -1.20. The molecule has 0 radical (unpaired) electrons. The van der Waals surface area contributed by atoms with Gasteiger partial charge in [0.05, 0.1) is 6.61 Å². The van der Waals surface area contributed by atoms with Gasteiger partial charge in [-0.15, -0.1) is 0 Å². The van der Waals surface area contributed by atoms with Gasteiger partial charge in [-0.05, 0) is 25.0 Å². The number of hydrogen-bond donors (Lipinski definition) is 1. The maximum Gasteiger partial charge on any atom is 0.257 e. The van der Waals surface area contributed by atoms with E-state index in [1.54, 1.807) is 11.8 Å². The molecule has 17 heavy (non-hydrogen) atoms. The zero-order chi connectivity index (χ0) is 11.7. The predicted molar refractivity (Wildman–Crippen MR) is 68.1 cm³/mol. The standard InChI is InChI=1S/C12H14N2O2S/c13-8-3-4-10-11(6-8)16-12(14-10)17-9-2-1-5-15-7-9/h3-4,6,9H,1-2,5,7,13H2. The van der Waals surface area contributed by atoms with Crippen LogP contribution in [0.3, 0.4) is 0 Å². The Morgan fingerprint density at radius 2 is 2.35 bits per heavy atom. The van der Waals surface area contributed by atoms with Crippen LogP contribution >= 0.6 is 11.8 Å². The van der Waals surface area contributed by atoms with Gasteiger partial charge in [-0.2, -0.15) is 0 Å². The molecule has 0 amide bonds. The molecule has 90 valence electrons. The van der Waals surface area contributed by atoms with Crippen molar-refractivity contribution in [1.29, 1.82) is 0 Å². The van der Waals surface area contributed by atoms with Crippen LogP contribution in [0.25, 0.3) is 11.1 Å². The molecule has 1 aliphatic rings. The molecule has 1 unspecified atom stereocenters. The van der Waals surface area contributed by atoms with E-state index >= 15 is 0 Å². The number of fused-ring (bicyclic) bond motifs is 1. The molecule has 3 rings (SSSR count). The maximum atomic E-state index is 5.70. The Morgan fingerprint density at radius 3 is 3.18 bits per heavy atom. The molecule has 0 bridgehead atoms. The maximum absolute atomic E-state index is 5.70. The second-order valence-corrected chi connectivity index (χ2v) is 5.42. The van der Waals surface area contributed by atoms with E-state index in [4.69, 9.17) is 14.9 Å². The van der Waals surface area contributed by atoms with Gasteiger partial charge < -0.3 is 14.9 Å². The third kappa shape index (κ3) is 2.40. The van der Waals surface area contributed by atoms with Gasteiger partial charge in [-0.3, -0.25) is 0 Å². The van der Waals surface area contributed by atoms with Crippen molar-refractivity contribution in [2.45, 2.75) is 23.3 Å². The van der Waals surface area contributed by atoms with Crippen molar-refractivity contribution < 1.29 is 9.15 Å². The Kier molecular flexibility index (Phi) is 2.94. The average molecular weight is 250 g/mol. The summed E-state index contributed by atoms with van der Waals surface area (Å²) >= 11 is 1.65. The van der Waals surface area contributed by atoms with Crippen LogP contribution in [-0.2, 0) is 4.74 Å². The van der Waals surface area contributed by atoms with E-state index in [0.29, 0.717) is 16.2 Å². The average Bonchev–Trinajstić information content (AvgIpc) is 2.71. The number of thioether (sulfide) groups is 1. The van der Waals surface area contributed by atoms with Crippen molar-refractivity contribution in [1.82, 2.24) is 4.98 Å². The molecule has 1 atom stereocenters. The lowest BCUT2D eigenvalue weighted by Gasteiger charge is -2.19. The van der Waals surface area contributed by atoms with E-state index in [9.17, 15) is 0 Å². The van der Waals surface area contributed by atoms with Crippen LogP contribution in [0.15, 0.2) is 27.8 Å². The number of nitrogens with two attached hydrogens (primary N) is 1. The number of aromatic nitrogens is 1. The van der Waals surface area contributed by atoms with E-state index in [0.717, 1.165) is 37.2 Å². The third-order valence-corrected chi connectivity index (χ3v) is 3.86. The van der Waals surface area contributed by atoms with Gasteiger partial charge >= 0.3 is 0 Å². The van der Waals surface area contributed by atoms with Gasteiger partial charge in [-0.25, -0.2) is 4.98 Å². The summed E-state index contributed by atoms with van der Waals surface area (Å²) in [6.07, 6.45) is 2.27. The fourth-order valence-electron chi connectivity index (χ4n) is 1.92. The van der Waals surface area contributed by atoms with Crippen LogP contribution in [0.4, 0.5) is 5.69 Å². The van der Waals surface area contributed by atoms with Crippen molar-refractivity contribution in [3.63, 3.8) is 0 Å². The van der Waals surface area contributed by atoms with E-state index < -0.39 is 0 Å². The molecule has 1 saturated heterocycles. The second kappa shape index (κ2) is 4.58. The lowest BCUT2D eigenvalue weighted by atomic mass is 10.2. The van der Waals surface area contributed by atoms with Crippen LogP contribution in [0.2, 0.25) is 0 Å². The fourth-order valence-corrected chi connectivity index (χ4v) is 2.94. The van der Waals surface area contributed by atoms with Gasteiger partial charge in [0.2, 0.25) is 0 Å². The first kappa shape index (κ1) is 10.9. The van der Waals surface area contributed by atoms with Crippen LogP contribution in [0.1, 0.15) is 12.8 Å². The summed E-state index contributed by atoms with van der Waals surface area (Å²) in [7, 11) is 0. The number of benzene rings is 1. The van der Waals surface area contributed by atoms with Gasteiger partial charge in [0.25, 0.3) is 5.22 Å². The number of nitrogen functional groups attached to an aromatic ring is 1. The Morgan fingerprint density at radius 1 is 1.41 bits per heavy atom. The minimum Gasteiger partial charge on any atom is -0.431 e. The normalized spacial score (nSPS) is 20.8. The van der Waals surface area contributed by atoms with E-state index in [-0.39, 0.29) is 0 Å². The van der Waals surface area contributed by atoms with Crippen LogP contribution in [0, 0.1) is 0 Å². The summed E-state index contributed by atoms with van der Waals surface area (Å²) in [4.78, 5) is 4.43. The van der Waals surface area contributed by atoms with Crippen LogP contribution in [-0.4, -0.2) is 23.4 Å². The van der Waals surface area contributed by atoms with E-state index in [2.05, 4.69) is 4.98 Å². The third-order valence-electron chi connectivity index (χ3n) is 2.78. The van der Waals surface area contributed by atoms with Crippen LogP contribution < -0.4 is 5.73 Å². The molecule has 0 aliphatic carbocycles. The number of anilines is 1. The number of hydrogen-bond acceptors (Lipinski definition) is 5. The molecule has 0 spiro atoms. The van der Waals surface area contributed by atoms with Crippen molar-refractivity contribution in [3.05, 3.63) is 18.2 Å². The molecule has 1 aliphatic heterocycles. The first-order chi connectivity index (χ1) is 8.31. The largest absolute Gasteiger partial charge is 0.431 e. The first-order valence-electron chi connectivity index (χ1n) is 5.72. The number of rotatable bonds is 2. The SMILES string of the molecule is Nc1ccc2nc(SC3CCCOC3)oc2c1. The minimum atomic E-state index is 0.453. The number of ether oxygens (including phenoxy) is 1. The number of nitrogens with zero attached hydrogens (tertiary/aromatic N) is 1. The molecule has 2 N–H and O–H groups in total. The molecule has 1 aromatic carbocycles. The number of oxazole rings is 1. The predicted octanol–water partition coefficient (Wildman–Crippen LogP) is 2.68. The summed E-state index contributed by atoms with van der Waals surface area (Å²) in [5.41, 5.74) is 8.02. The summed E-state index contributed by atoms with van der Waals surface area (Å²) in [6.45, 7) is 1.66. The zero-order valence-corrected chi connectivity index (χ0v) is 10.2. The molecule has 2 heterocycles. The van der Waals surface area contributed by atoms with Gasteiger partial charge in [0.15, 0.2) is 5.58 Å². The highest BCUT2D eigenvalue weighted by atomic mass is 32.2. The fraction of sp³-hybridized carbons (Fsp3) is 0.417. The topological polar surface area (TPSA) is 61.3 Å². The van der Waals surface area contributed by atoms with Crippen molar-refractivity contribution in [2.24, 2.45) is 0 Å². The Bertz CT molecular complexity index is 520. The molecule has 2 aromatic rings. The van der Waals surface area contributed by atoms with Crippen molar-refractivity contribution in [3.8, 4) is 0 Å². The summed E-state index contributed by atoms with van der Waals surface area (Å²) in [5.74, 6) is 0. The van der Waals surface area contributed by atoms with Gasteiger partial charge in [-0.1, -0.05) is 11.8 Å². The molecular formula is C12H14N2O2S. The first-order valence-corrected chi connectivity index (χ1v) is 6.60. The van der Waals surface area contributed by atoms with E-state index in [1.165, 1.54) is 0 Å². The van der Waals surface area contributed by atoms with Gasteiger partial charge in [0.1, 0.15) is 5.52 Å². The van der Waals surface area contributed by atoms with Crippen LogP contribution in [0.5, 0.6) is 0 Å². The van der Waals surface area contributed by atoms with E-state index in [1.807, 2.05) is 18.2 Å². The van der Waals surface area contributed by atoms with Crippen molar-refractivity contribution >= 4 is 28.5 Å². The Labute approximate surface area is 104 Å². The monoisotopic (exact) mass is 250 g/mol. The highest BCUT2D eigenvalue weighted by Crippen LogP contribution is 2.31. The summed E-state index contributed by atoms with van der Waals surface area (Å²) in [6, 6.07) is 5.53. The molecular weight excluding hydrogens is 236 g/mol. The highest BCUT2D eigenvalue weighted by molar-refractivity contribution is 7.99. The molecule has 1 aromatic heterocycles. The zero-order valence-electron chi connectivity index (χ0n) is 9.39. The summed E-state index contributed by atoms with van der Waals surface area (Å²) in [5, 5.41) is 1.16. The van der Waals surface area contributed by atoms with Crippen molar-refractivity contribution in [2.75, 3.05) is 18.9 Å². The quantitative estimate of drug-likeness (QED) is 0.830. The molecule has 5 heteroatoms. The molecule has 0 saturated carbocycles. The molecule has 4 nitrogen and oxygen atoms in total. The lowest BCUT2D eigenvalue weighted by molar-refractivity contribution is 0.101. The lowest BCUT2D eigenvalue weighted by Crippen LogP contribution is -2.19.